The van der Waals surface area contributed by atoms with Crippen molar-refractivity contribution in [3.8, 4) is 5.75 Å². The van der Waals surface area contributed by atoms with Gasteiger partial charge in [0.05, 0.1) is 7.11 Å². The molecule has 2 aromatic rings. The predicted molar refractivity (Wildman–Crippen MR) is 242 cm³/mol. The molecular formula is C51H84NO2Sn+. The van der Waals surface area contributed by atoms with E-state index in [1.165, 1.54) is 78.5 Å². The van der Waals surface area contributed by atoms with Crippen LogP contribution in [0.2, 0.25) is 8.87 Å². The Bertz CT molecular complexity index is 1540. The van der Waals surface area contributed by atoms with Gasteiger partial charge in [0.2, 0.25) is 0 Å². The summed E-state index contributed by atoms with van der Waals surface area (Å²) in [6.07, 6.45) is 21.0. The van der Waals surface area contributed by atoms with Crippen LogP contribution in [0.4, 0.5) is 0 Å². The minimum atomic E-state index is -1.90. The third-order valence-electron chi connectivity index (χ3n) is 12.6. The summed E-state index contributed by atoms with van der Waals surface area (Å²) in [7, 11) is 1.82. The van der Waals surface area contributed by atoms with E-state index >= 15 is 0 Å². The van der Waals surface area contributed by atoms with E-state index in [0.29, 0.717) is 11.8 Å². The fraction of sp³-hybridized carbons (Fsp3) is 0.706. The molecule has 1 aromatic carbocycles. The zero-order chi connectivity index (χ0) is 41.4. The Hall–Kier alpha value is -1.59. The van der Waals surface area contributed by atoms with Crippen molar-refractivity contribution in [2.45, 2.75) is 200 Å². The second kappa shape index (κ2) is 19.9. The van der Waals surface area contributed by atoms with Crippen LogP contribution >= 0.6 is 0 Å². The Kier molecular flexibility index (Phi) is 17.3. The van der Waals surface area contributed by atoms with Gasteiger partial charge in [0.1, 0.15) is 5.75 Å². The number of methoxy groups -OCH3 is 1. The van der Waals surface area contributed by atoms with Crippen LogP contribution < -0.4 is 4.74 Å². The average Bonchev–Trinajstić information content (AvgIpc) is 3.38. The zero-order valence-corrected chi connectivity index (χ0v) is 41.7. The summed E-state index contributed by atoms with van der Waals surface area (Å²) in [6.45, 7) is 35.0. The maximum absolute atomic E-state index is 7.26. The molecule has 0 aliphatic heterocycles. The number of benzene rings is 1. The topological polar surface area (TPSA) is 31.4 Å². The first kappa shape index (κ1) is 47.8. The summed E-state index contributed by atoms with van der Waals surface area (Å²) in [4.78, 5) is 7.06. The monoisotopic (exact) mass is 863 g/mol. The summed E-state index contributed by atoms with van der Waals surface area (Å²) >= 11 is -1.90. The van der Waals surface area contributed by atoms with Crippen LogP contribution in [-0.4, -0.2) is 37.9 Å². The van der Waals surface area contributed by atoms with E-state index in [-0.39, 0.29) is 27.3 Å². The molecule has 4 rings (SSSR count). The molecule has 1 heterocycles. The Morgan fingerprint density at radius 3 is 1.96 bits per heavy atom. The Labute approximate surface area is 348 Å². The van der Waals surface area contributed by atoms with E-state index in [4.69, 9.17) is 7.81 Å². The molecule has 1 aromatic heterocycles. The first-order valence-corrected chi connectivity index (χ1v) is 27.7. The van der Waals surface area contributed by atoms with Gasteiger partial charge in [0, 0.05) is 17.5 Å². The maximum atomic E-state index is 7.26. The Balaban J connectivity index is 0.000000296. The van der Waals surface area contributed by atoms with Gasteiger partial charge in [-0.05, 0) is 59.3 Å². The summed E-state index contributed by atoms with van der Waals surface area (Å²) in [5, 5.41) is 0. The molecule has 3 unspecified atom stereocenters. The van der Waals surface area contributed by atoms with E-state index in [2.05, 4.69) is 150 Å². The molecule has 3 atom stereocenters. The summed E-state index contributed by atoms with van der Waals surface area (Å²) < 4.78 is 14.1. The molecule has 308 valence electrons. The van der Waals surface area contributed by atoms with Gasteiger partial charge in [-0.25, -0.2) is 0 Å². The fourth-order valence-electron chi connectivity index (χ4n) is 8.88. The van der Waals surface area contributed by atoms with Gasteiger partial charge in [0.25, 0.3) is 0 Å². The van der Waals surface area contributed by atoms with Crippen molar-refractivity contribution in [1.29, 1.82) is 0 Å². The molecule has 4 heteroatoms. The van der Waals surface area contributed by atoms with Crippen molar-refractivity contribution in [2.24, 2.45) is 22.7 Å². The number of hydrogen-bond donors (Lipinski definition) is 0. The first-order valence-electron chi connectivity index (χ1n) is 22.0. The number of aromatic nitrogens is 1. The molecule has 0 bridgehead atoms. The molecule has 1 fully saturated rings. The van der Waals surface area contributed by atoms with Gasteiger partial charge in [-0.1, -0.05) is 73.1 Å². The second-order valence-corrected chi connectivity index (χ2v) is 27.7. The Morgan fingerprint density at radius 1 is 0.855 bits per heavy atom. The van der Waals surface area contributed by atoms with Gasteiger partial charge in [-0.3, -0.25) is 4.98 Å². The molecule has 0 N–H and O–H groups in total. The van der Waals surface area contributed by atoms with Crippen LogP contribution in [0.1, 0.15) is 184 Å². The Morgan fingerprint density at radius 2 is 1.49 bits per heavy atom. The SMILES string of the molecule is CCC(CCc1cc(C(C)(C)C)cc(C(C)(C)C)c1OC)Cc1ccccn1.CCC1=CC(C(C)(C)C)=CC(C(C)(C)C)C1(C)[O][Sn+]([CH3])[CH]1CCCCCC1. The van der Waals surface area contributed by atoms with E-state index < -0.39 is 20.2 Å². The molecule has 0 saturated heterocycles. The van der Waals surface area contributed by atoms with E-state index in [1.807, 2.05) is 19.4 Å². The number of pyridine rings is 1. The van der Waals surface area contributed by atoms with Crippen LogP contribution in [0.5, 0.6) is 5.75 Å². The number of aryl methyl sites for hydroxylation is 1. The third-order valence-corrected chi connectivity index (χ3v) is 19.6. The second-order valence-electron chi connectivity index (χ2n) is 21.3. The summed E-state index contributed by atoms with van der Waals surface area (Å²) in [5.74, 6) is 2.16. The van der Waals surface area contributed by atoms with Crippen LogP contribution in [0, 0.1) is 22.7 Å². The third kappa shape index (κ3) is 13.5. The molecular weight excluding hydrogens is 777 g/mol. The van der Waals surface area contributed by atoms with Gasteiger partial charge in [-0.2, -0.15) is 0 Å². The first-order chi connectivity index (χ1) is 25.4. The molecule has 2 aliphatic rings. The molecule has 0 spiro atoms. The molecule has 2 aliphatic carbocycles. The van der Waals surface area contributed by atoms with Crippen molar-refractivity contribution in [3.05, 3.63) is 82.2 Å². The van der Waals surface area contributed by atoms with E-state index in [1.54, 1.807) is 0 Å². The number of ether oxygens (including phenoxy) is 1. The molecule has 0 amide bonds. The van der Waals surface area contributed by atoms with Crippen molar-refractivity contribution < 1.29 is 7.81 Å². The van der Waals surface area contributed by atoms with Crippen LogP contribution in [-0.2, 0) is 26.7 Å². The van der Waals surface area contributed by atoms with Crippen LogP contribution in [0.25, 0.3) is 0 Å². The summed E-state index contributed by atoms with van der Waals surface area (Å²) in [6, 6.07) is 10.9. The number of allylic oxidation sites excluding steroid dienone is 2. The summed E-state index contributed by atoms with van der Waals surface area (Å²) in [5.41, 5.74) is 8.74. The molecule has 0 radical (unpaired) electrons. The van der Waals surface area contributed by atoms with Gasteiger partial charge in [0.15, 0.2) is 0 Å². The molecule has 3 nitrogen and oxygen atoms in total. The standard InChI is InChI=1S/C26H39NO.C17H29O.C7H13.CH3.Sn/c1-9-19(16-22-12-10-11-15-27-22)13-14-20-17-21(25(2,3)4)18-23(24(20)28-8)26(5,6)7;1-9-12-10-13(15(2,3)4)11-14(16(5,6)7)17(12,8)18;1-2-4-6-7-5-3-1;;/h10-12,15,17-19H,9,13-14,16H2,1-8H3;10-11,14H,9H2,1-8H3;1H,2-7H2;1H3;/q;-1;;;+2. The van der Waals surface area contributed by atoms with E-state index in [9.17, 15) is 0 Å². The number of rotatable bonds is 11. The number of hydrogen-bond acceptors (Lipinski definition) is 3. The predicted octanol–water partition coefficient (Wildman–Crippen LogP) is 15.0. The quantitative estimate of drug-likeness (QED) is 0.167. The van der Waals surface area contributed by atoms with E-state index in [0.717, 1.165) is 35.4 Å². The molecule has 1 saturated carbocycles. The minimum absolute atomic E-state index is 0.0550. The average molecular weight is 862 g/mol. The van der Waals surface area contributed by atoms with Crippen molar-refractivity contribution in [2.75, 3.05) is 7.11 Å². The number of nitrogens with zero attached hydrogens (tertiary/aromatic N) is 1. The normalized spacial score (nSPS) is 20.8. The molecule has 55 heavy (non-hydrogen) atoms. The van der Waals surface area contributed by atoms with Crippen molar-refractivity contribution in [1.82, 2.24) is 4.98 Å². The van der Waals surface area contributed by atoms with Crippen LogP contribution in [0.3, 0.4) is 0 Å². The van der Waals surface area contributed by atoms with Crippen molar-refractivity contribution in [3.63, 3.8) is 0 Å². The van der Waals surface area contributed by atoms with Gasteiger partial charge in [-0.15, -0.1) is 0 Å². The van der Waals surface area contributed by atoms with Crippen LogP contribution in [0.15, 0.2) is 59.8 Å². The van der Waals surface area contributed by atoms with Crippen molar-refractivity contribution >= 4 is 20.2 Å². The fourth-order valence-corrected chi connectivity index (χ4v) is 15.5. The zero-order valence-electron chi connectivity index (χ0n) is 38.9. The van der Waals surface area contributed by atoms with Gasteiger partial charge < -0.3 is 4.74 Å². The van der Waals surface area contributed by atoms with Gasteiger partial charge >= 0.3 is 178 Å².